The first kappa shape index (κ1) is 11.8. The van der Waals surface area contributed by atoms with Gasteiger partial charge >= 0.3 is 0 Å². The third-order valence-electron chi connectivity index (χ3n) is 3.12. The molecule has 98 valence electrons. The molecule has 1 heterocycles. The normalized spacial score (nSPS) is 12.5. The molecule has 1 N–H and O–H groups in total. The van der Waals surface area contributed by atoms with Gasteiger partial charge in [0.05, 0.1) is 0 Å². The van der Waals surface area contributed by atoms with Crippen molar-refractivity contribution in [2.75, 3.05) is 12.1 Å². The number of halogens is 1. The van der Waals surface area contributed by atoms with Crippen molar-refractivity contribution in [2.24, 2.45) is 0 Å². The Hall–Kier alpha value is -2.23. The van der Waals surface area contributed by atoms with Gasteiger partial charge in [0.15, 0.2) is 11.5 Å². The van der Waals surface area contributed by atoms with Crippen LogP contribution in [0.4, 0.5) is 10.1 Å². The van der Waals surface area contributed by atoms with Gasteiger partial charge in [-0.05, 0) is 42.3 Å². The quantitative estimate of drug-likeness (QED) is 0.915. The van der Waals surface area contributed by atoms with Crippen molar-refractivity contribution in [2.45, 2.75) is 13.5 Å². The van der Waals surface area contributed by atoms with E-state index in [-0.39, 0.29) is 12.6 Å². The number of fused-ring (bicyclic) bond motifs is 1. The number of aryl methyl sites for hydroxylation is 1. The van der Waals surface area contributed by atoms with Crippen LogP contribution in [0.15, 0.2) is 36.4 Å². The Morgan fingerprint density at radius 2 is 1.95 bits per heavy atom. The minimum absolute atomic E-state index is 0.237. The number of hydrogen-bond acceptors (Lipinski definition) is 3. The molecular formula is C15H14FNO2. The third kappa shape index (κ3) is 2.47. The van der Waals surface area contributed by atoms with E-state index in [4.69, 9.17) is 9.47 Å². The van der Waals surface area contributed by atoms with Crippen molar-refractivity contribution in [3.8, 4) is 11.5 Å². The highest BCUT2D eigenvalue weighted by Gasteiger charge is 2.13. The minimum Gasteiger partial charge on any atom is -0.454 e. The van der Waals surface area contributed by atoms with Gasteiger partial charge in [-0.25, -0.2) is 4.39 Å². The van der Waals surface area contributed by atoms with E-state index in [1.54, 1.807) is 6.07 Å². The van der Waals surface area contributed by atoms with E-state index in [1.165, 1.54) is 12.1 Å². The van der Waals surface area contributed by atoms with Crippen LogP contribution in [0.25, 0.3) is 0 Å². The summed E-state index contributed by atoms with van der Waals surface area (Å²) in [5.74, 6) is 1.29. The molecule has 0 aromatic heterocycles. The maximum atomic E-state index is 13.2. The van der Waals surface area contributed by atoms with Crippen LogP contribution in [0.2, 0.25) is 0 Å². The summed E-state index contributed by atoms with van der Waals surface area (Å²) < 4.78 is 23.8. The lowest BCUT2D eigenvalue weighted by atomic mass is 10.1. The molecule has 2 aromatic carbocycles. The molecule has 0 saturated heterocycles. The molecule has 2 aromatic rings. The van der Waals surface area contributed by atoms with Crippen LogP contribution in [0.3, 0.4) is 0 Å². The molecule has 19 heavy (non-hydrogen) atoms. The van der Waals surface area contributed by atoms with Gasteiger partial charge in [-0.2, -0.15) is 0 Å². The highest BCUT2D eigenvalue weighted by molar-refractivity contribution is 5.52. The molecule has 1 aliphatic heterocycles. The minimum atomic E-state index is -0.237. The van der Waals surface area contributed by atoms with Gasteiger partial charge in [0, 0.05) is 12.2 Å². The first-order valence-corrected chi connectivity index (χ1v) is 6.11. The van der Waals surface area contributed by atoms with Crippen LogP contribution in [0.1, 0.15) is 11.1 Å². The van der Waals surface area contributed by atoms with Crippen molar-refractivity contribution in [3.05, 3.63) is 53.3 Å². The number of anilines is 1. The van der Waals surface area contributed by atoms with E-state index in [2.05, 4.69) is 5.32 Å². The molecule has 0 atom stereocenters. The Kier molecular flexibility index (Phi) is 2.99. The standard InChI is InChI=1S/C15H14FNO2/c1-10-2-4-12(16)7-13(10)17-8-11-3-5-14-15(6-11)19-9-18-14/h2-7,17H,8-9H2,1H3. The molecule has 0 aliphatic carbocycles. The van der Waals surface area contributed by atoms with E-state index in [1.807, 2.05) is 25.1 Å². The Bertz CT molecular complexity index is 613. The van der Waals surface area contributed by atoms with Gasteiger partial charge in [0.25, 0.3) is 0 Å². The third-order valence-corrected chi connectivity index (χ3v) is 3.12. The summed E-state index contributed by atoms with van der Waals surface area (Å²) in [5, 5.41) is 3.22. The number of benzene rings is 2. The van der Waals surface area contributed by atoms with Gasteiger partial charge in [0.2, 0.25) is 6.79 Å². The Balaban J connectivity index is 1.74. The molecule has 3 nitrogen and oxygen atoms in total. The molecule has 0 fully saturated rings. The fraction of sp³-hybridized carbons (Fsp3) is 0.200. The van der Waals surface area contributed by atoms with E-state index in [9.17, 15) is 4.39 Å². The zero-order valence-corrected chi connectivity index (χ0v) is 10.6. The van der Waals surface area contributed by atoms with E-state index in [0.29, 0.717) is 6.54 Å². The average Bonchev–Trinajstić information content (AvgIpc) is 2.87. The van der Waals surface area contributed by atoms with E-state index >= 15 is 0 Å². The number of ether oxygens (including phenoxy) is 2. The molecule has 0 radical (unpaired) electrons. The maximum Gasteiger partial charge on any atom is 0.231 e. The van der Waals surface area contributed by atoms with Crippen LogP contribution < -0.4 is 14.8 Å². The highest BCUT2D eigenvalue weighted by Crippen LogP contribution is 2.32. The van der Waals surface area contributed by atoms with Gasteiger partial charge in [0.1, 0.15) is 5.82 Å². The van der Waals surface area contributed by atoms with E-state index in [0.717, 1.165) is 28.3 Å². The topological polar surface area (TPSA) is 30.5 Å². The lowest BCUT2D eigenvalue weighted by Gasteiger charge is -2.10. The molecule has 0 bridgehead atoms. The predicted octanol–water partition coefficient (Wildman–Crippen LogP) is 3.47. The fourth-order valence-electron chi connectivity index (χ4n) is 2.03. The zero-order valence-electron chi connectivity index (χ0n) is 10.6. The van der Waals surface area contributed by atoms with Crippen molar-refractivity contribution in [3.63, 3.8) is 0 Å². The average molecular weight is 259 g/mol. The molecule has 0 saturated carbocycles. The van der Waals surface area contributed by atoms with Crippen LogP contribution in [-0.2, 0) is 6.54 Å². The van der Waals surface area contributed by atoms with Gasteiger partial charge in [-0.1, -0.05) is 12.1 Å². The second kappa shape index (κ2) is 4.80. The number of nitrogens with one attached hydrogen (secondary N) is 1. The molecular weight excluding hydrogens is 245 g/mol. The highest BCUT2D eigenvalue weighted by atomic mass is 19.1. The molecule has 0 spiro atoms. The van der Waals surface area contributed by atoms with Crippen molar-refractivity contribution >= 4 is 5.69 Å². The molecule has 3 rings (SSSR count). The summed E-state index contributed by atoms with van der Waals surface area (Å²) in [6.45, 7) is 2.83. The summed E-state index contributed by atoms with van der Waals surface area (Å²) in [6, 6.07) is 10.5. The van der Waals surface area contributed by atoms with Crippen LogP contribution in [0, 0.1) is 12.7 Å². The summed E-state index contributed by atoms with van der Waals surface area (Å²) >= 11 is 0. The molecule has 4 heteroatoms. The van der Waals surface area contributed by atoms with Gasteiger partial charge in [-0.15, -0.1) is 0 Å². The second-order valence-electron chi connectivity index (χ2n) is 4.50. The molecule has 0 unspecified atom stereocenters. The smallest absolute Gasteiger partial charge is 0.231 e. The summed E-state index contributed by atoms with van der Waals surface area (Å²) in [6.07, 6.45) is 0. The number of hydrogen-bond donors (Lipinski definition) is 1. The molecule has 0 amide bonds. The lowest BCUT2D eigenvalue weighted by Crippen LogP contribution is -2.01. The summed E-state index contributed by atoms with van der Waals surface area (Å²) in [5.41, 5.74) is 2.88. The maximum absolute atomic E-state index is 13.2. The number of rotatable bonds is 3. The van der Waals surface area contributed by atoms with E-state index < -0.39 is 0 Å². The summed E-state index contributed by atoms with van der Waals surface area (Å²) in [7, 11) is 0. The Morgan fingerprint density at radius 1 is 1.11 bits per heavy atom. The SMILES string of the molecule is Cc1ccc(F)cc1NCc1ccc2c(c1)OCO2. The van der Waals surface area contributed by atoms with Crippen LogP contribution in [0.5, 0.6) is 11.5 Å². The van der Waals surface area contributed by atoms with Crippen molar-refractivity contribution < 1.29 is 13.9 Å². The summed E-state index contributed by atoms with van der Waals surface area (Å²) in [4.78, 5) is 0. The molecule has 1 aliphatic rings. The van der Waals surface area contributed by atoms with Crippen molar-refractivity contribution in [1.82, 2.24) is 0 Å². The largest absolute Gasteiger partial charge is 0.454 e. The lowest BCUT2D eigenvalue weighted by molar-refractivity contribution is 0.174. The first-order valence-electron chi connectivity index (χ1n) is 6.11. The predicted molar refractivity (Wildman–Crippen MR) is 71.0 cm³/mol. The zero-order chi connectivity index (χ0) is 13.2. The monoisotopic (exact) mass is 259 g/mol. The Labute approximate surface area is 111 Å². The van der Waals surface area contributed by atoms with Gasteiger partial charge < -0.3 is 14.8 Å². The van der Waals surface area contributed by atoms with Crippen LogP contribution in [-0.4, -0.2) is 6.79 Å². The Morgan fingerprint density at radius 3 is 2.84 bits per heavy atom. The van der Waals surface area contributed by atoms with Gasteiger partial charge in [-0.3, -0.25) is 0 Å². The van der Waals surface area contributed by atoms with Crippen LogP contribution >= 0.6 is 0 Å². The fourth-order valence-corrected chi connectivity index (χ4v) is 2.03. The van der Waals surface area contributed by atoms with Crippen molar-refractivity contribution in [1.29, 1.82) is 0 Å². The first-order chi connectivity index (χ1) is 9.22. The second-order valence-corrected chi connectivity index (χ2v) is 4.50.